The Morgan fingerprint density at radius 3 is 2.57 bits per heavy atom. The van der Waals surface area contributed by atoms with E-state index in [9.17, 15) is 0 Å². The van der Waals surface area contributed by atoms with Crippen LogP contribution in [-0.4, -0.2) is 0 Å². The molecule has 0 aliphatic heterocycles. The Hall–Kier alpha value is -1.59. The van der Waals surface area contributed by atoms with Gasteiger partial charge in [0, 0.05) is 6.04 Å². The van der Waals surface area contributed by atoms with Gasteiger partial charge in [0.05, 0.1) is 11.6 Å². The van der Waals surface area contributed by atoms with Gasteiger partial charge in [-0.2, -0.15) is 5.26 Å². The molecule has 0 amide bonds. The van der Waals surface area contributed by atoms with E-state index < -0.39 is 0 Å². The van der Waals surface area contributed by atoms with Crippen LogP contribution >= 0.6 is 0 Å². The highest BCUT2D eigenvalue weighted by Gasteiger charge is 2.03. The van der Waals surface area contributed by atoms with Crippen LogP contribution < -0.4 is 5.73 Å². The first-order chi connectivity index (χ1) is 6.77. The van der Waals surface area contributed by atoms with Gasteiger partial charge in [-0.05, 0) is 30.5 Å². The Labute approximate surface area is 84.7 Å². The highest BCUT2D eigenvalue weighted by molar-refractivity contribution is 5.32. The summed E-state index contributed by atoms with van der Waals surface area (Å²) < 4.78 is 0. The molecule has 1 rings (SSSR count). The Morgan fingerprint density at radius 2 is 2.07 bits per heavy atom. The number of rotatable bonds is 4. The van der Waals surface area contributed by atoms with Gasteiger partial charge in [0.15, 0.2) is 0 Å². The smallest absolute Gasteiger partial charge is 0.0991 e. The molecule has 1 aromatic rings. The molecule has 0 aliphatic carbocycles. The van der Waals surface area contributed by atoms with Gasteiger partial charge in [0.1, 0.15) is 0 Å². The van der Waals surface area contributed by atoms with Gasteiger partial charge in [-0.25, -0.2) is 0 Å². The van der Waals surface area contributed by atoms with Gasteiger partial charge in [0.25, 0.3) is 0 Å². The fourth-order valence-electron chi connectivity index (χ4n) is 1.27. The van der Waals surface area contributed by atoms with Gasteiger partial charge < -0.3 is 5.73 Å². The normalized spacial score (nSPS) is 11.7. The molecule has 14 heavy (non-hydrogen) atoms. The Kier molecular flexibility index (Phi) is 3.90. The molecule has 0 saturated carbocycles. The van der Waals surface area contributed by atoms with Crippen molar-refractivity contribution in [1.29, 1.82) is 5.26 Å². The van der Waals surface area contributed by atoms with E-state index in [1.807, 2.05) is 18.2 Å². The first-order valence-electron chi connectivity index (χ1n) is 4.64. The summed E-state index contributed by atoms with van der Waals surface area (Å²) in [6.07, 6.45) is 3.68. The summed E-state index contributed by atoms with van der Waals surface area (Å²) in [5, 5.41) is 8.61. The number of nitriles is 1. The molecule has 0 fully saturated rings. The molecule has 0 bridgehead atoms. The summed E-state index contributed by atoms with van der Waals surface area (Å²) in [7, 11) is 0. The maximum Gasteiger partial charge on any atom is 0.0991 e. The standard InChI is InChI=1S/C12H14N2/c1-2-3-4-12(14)11-7-5-10(9-13)6-8-11/h2,5-8,12H,1,3-4,14H2/t12-/m1/s1. The van der Waals surface area contributed by atoms with E-state index in [1.165, 1.54) is 0 Å². The zero-order valence-corrected chi connectivity index (χ0v) is 8.11. The van der Waals surface area contributed by atoms with Crippen LogP contribution in [-0.2, 0) is 0 Å². The highest BCUT2D eigenvalue weighted by Crippen LogP contribution is 2.16. The van der Waals surface area contributed by atoms with E-state index in [1.54, 1.807) is 12.1 Å². The van der Waals surface area contributed by atoms with Crippen LogP contribution in [0.4, 0.5) is 0 Å². The molecule has 2 N–H and O–H groups in total. The van der Waals surface area contributed by atoms with Crippen LogP contribution in [0.2, 0.25) is 0 Å². The number of allylic oxidation sites excluding steroid dienone is 1. The highest BCUT2D eigenvalue weighted by atomic mass is 14.6. The van der Waals surface area contributed by atoms with E-state index >= 15 is 0 Å². The summed E-state index contributed by atoms with van der Waals surface area (Å²) in [5.74, 6) is 0. The average Bonchev–Trinajstić information content (AvgIpc) is 2.26. The number of hydrogen-bond acceptors (Lipinski definition) is 2. The molecule has 0 spiro atoms. The second kappa shape index (κ2) is 5.21. The van der Waals surface area contributed by atoms with E-state index in [2.05, 4.69) is 12.6 Å². The van der Waals surface area contributed by atoms with Gasteiger partial charge in [0.2, 0.25) is 0 Å². The van der Waals surface area contributed by atoms with Crippen LogP contribution in [0.3, 0.4) is 0 Å². The molecule has 0 aliphatic rings. The summed E-state index contributed by atoms with van der Waals surface area (Å²) in [6.45, 7) is 3.66. The lowest BCUT2D eigenvalue weighted by molar-refractivity contribution is 0.661. The minimum atomic E-state index is 0.0424. The van der Waals surface area contributed by atoms with E-state index in [4.69, 9.17) is 11.0 Å². The topological polar surface area (TPSA) is 49.8 Å². The third-order valence-electron chi connectivity index (χ3n) is 2.15. The lowest BCUT2D eigenvalue weighted by Crippen LogP contribution is -2.09. The molecule has 0 saturated heterocycles. The van der Waals surface area contributed by atoms with Crippen molar-refractivity contribution in [2.45, 2.75) is 18.9 Å². The molecule has 0 radical (unpaired) electrons. The number of nitrogens with zero attached hydrogens (tertiary/aromatic N) is 1. The fourth-order valence-corrected chi connectivity index (χ4v) is 1.27. The lowest BCUT2D eigenvalue weighted by Gasteiger charge is -2.10. The molecule has 72 valence electrons. The quantitative estimate of drug-likeness (QED) is 0.734. The van der Waals surface area contributed by atoms with Crippen molar-refractivity contribution in [2.24, 2.45) is 5.73 Å². The van der Waals surface area contributed by atoms with E-state index in [0.717, 1.165) is 18.4 Å². The first kappa shape index (κ1) is 10.5. The molecular weight excluding hydrogens is 172 g/mol. The minimum Gasteiger partial charge on any atom is -0.324 e. The van der Waals surface area contributed by atoms with Crippen molar-refractivity contribution < 1.29 is 0 Å². The van der Waals surface area contributed by atoms with Crippen LogP contribution in [0.25, 0.3) is 0 Å². The minimum absolute atomic E-state index is 0.0424. The summed E-state index contributed by atoms with van der Waals surface area (Å²) in [6, 6.07) is 9.53. The van der Waals surface area contributed by atoms with Gasteiger partial charge >= 0.3 is 0 Å². The van der Waals surface area contributed by atoms with Crippen molar-refractivity contribution in [3.8, 4) is 6.07 Å². The monoisotopic (exact) mass is 186 g/mol. The molecule has 0 aromatic heterocycles. The Bertz CT molecular complexity index is 332. The average molecular weight is 186 g/mol. The second-order valence-electron chi connectivity index (χ2n) is 3.21. The fraction of sp³-hybridized carbons (Fsp3) is 0.250. The number of nitrogens with two attached hydrogens (primary N) is 1. The molecule has 2 nitrogen and oxygen atoms in total. The van der Waals surface area contributed by atoms with Crippen molar-refractivity contribution in [3.05, 3.63) is 48.0 Å². The van der Waals surface area contributed by atoms with Crippen molar-refractivity contribution in [3.63, 3.8) is 0 Å². The maximum absolute atomic E-state index is 8.61. The van der Waals surface area contributed by atoms with Gasteiger partial charge in [-0.1, -0.05) is 18.2 Å². The van der Waals surface area contributed by atoms with Crippen LogP contribution in [0.1, 0.15) is 30.0 Å². The van der Waals surface area contributed by atoms with Crippen molar-refractivity contribution in [1.82, 2.24) is 0 Å². The third-order valence-corrected chi connectivity index (χ3v) is 2.15. The maximum atomic E-state index is 8.61. The van der Waals surface area contributed by atoms with E-state index in [-0.39, 0.29) is 6.04 Å². The predicted molar refractivity (Wildman–Crippen MR) is 57.5 cm³/mol. The van der Waals surface area contributed by atoms with E-state index in [0.29, 0.717) is 5.56 Å². The molecule has 2 heteroatoms. The summed E-state index contributed by atoms with van der Waals surface area (Å²) in [4.78, 5) is 0. The second-order valence-corrected chi connectivity index (χ2v) is 3.21. The summed E-state index contributed by atoms with van der Waals surface area (Å²) in [5.41, 5.74) is 7.69. The molecule has 1 aromatic carbocycles. The number of benzene rings is 1. The summed E-state index contributed by atoms with van der Waals surface area (Å²) >= 11 is 0. The van der Waals surface area contributed by atoms with Crippen LogP contribution in [0.5, 0.6) is 0 Å². The van der Waals surface area contributed by atoms with Crippen LogP contribution in [0, 0.1) is 11.3 Å². The number of hydrogen-bond donors (Lipinski definition) is 1. The third kappa shape index (κ3) is 2.72. The predicted octanol–water partition coefficient (Wildman–Crippen LogP) is 2.52. The zero-order valence-electron chi connectivity index (χ0n) is 8.11. The molecule has 0 heterocycles. The van der Waals surface area contributed by atoms with Crippen molar-refractivity contribution in [2.75, 3.05) is 0 Å². The SMILES string of the molecule is C=CCC[C@@H](N)c1ccc(C#N)cc1. The molecular formula is C12H14N2. The Balaban J connectivity index is 2.67. The Morgan fingerprint density at radius 1 is 1.43 bits per heavy atom. The van der Waals surface area contributed by atoms with Gasteiger partial charge in [-0.15, -0.1) is 6.58 Å². The van der Waals surface area contributed by atoms with Crippen molar-refractivity contribution >= 4 is 0 Å². The molecule has 1 atom stereocenters. The van der Waals surface area contributed by atoms with Gasteiger partial charge in [-0.3, -0.25) is 0 Å². The largest absolute Gasteiger partial charge is 0.324 e. The zero-order chi connectivity index (χ0) is 10.4. The lowest BCUT2D eigenvalue weighted by atomic mass is 10.0. The first-order valence-corrected chi connectivity index (χ1v) is 4.64. The van der Waals surface area contributed by atoms with Crippen LogP contribution in [0.15, 0.2) is 36.9 Å². The molecule has 0 unspecified atom stereocenters.